The van der Waals surface area contributed by atoms with Crippen LogP contribution in [0.3, 0.4) is 0 Å². The van der Waals surface area contributed by atoms with E-state index in [9.17, 15) is 13.6 Å². The highest BCUT2D eigenvalue weighted by Crippen LogP contribution is 2.31. The Balaban J connectivity index is 1.52. The molecule has 11 heteroatoms. The molecule has 1 aromatic heterocycles. The summed E-state index contributed by atoms with van der Waals surface area (Å²) >= 11 is 0. The van der Waals surface area contributed by atoms with Crippen molar-refractivity contribution < 1.29 is 23.1 Å². The number of amides is 2. The van der Waals surface area contributed by atoms with Crippen LogP contribution >= 0.6 is 0 Å². The maximum absolute atomic E-state index is 13.9. The van der Waals surface area contributed by atoms with Gasteiger partial charge in [0.1, 0.15) is 11.9 Å². The minimum Gasteiger partial charge on any atom is -0.476 e. The molecule has 0 bridgehead atoms. The van der Waals surface area contributed by atoms with E-state index in [1.165, 1.54) is 6.07 Å². The molecule has 2 atom stereocenters. The summed E-state index contributed by atoms with van der Waals surface area (Å²) in [5.74, 6) is -1.000. The summed E-state index contributed by atoms with van der Waals surface area (Å²) < 4.78 is 35.0. The Morgan fingerprint density at radius 1 is 1.16 bits per heavy atom. The number of nitrogens with one attached hydrogen (secondary N) is 3. The maximum atomic E-state index is 13.9. The van der Waals surface area contributed by atoms with Gasteiger partial charge >= 0.3 is 6.03 Å². The summed E-state index contributed by atoms with van der Waals surface area (Å²) in [6.07, 6.45) is 1.16. The molecule has 2 amide bonds. The van der Waals surface area contributed by atoms with E-state index in [4.69, 9.17) is 9.57 Å². The Kier molecular flexibility index (Phi) is 9.27. The molecule has 2 heterocycles. The number of ether oxygens (including phenoxy) is 1. The highest BCUT2D eigenvalue weighted by molar-refractivity contribution is 5.90. The predicted molar refractivity (Wildman–Crippen MR) is 140 cm³/mol. The van der Waals surface area contributed by atoms with E-state index < -0.39 is 29.8 Å². The number of benzene rings is 2. The van der Waals surface area contributed by atoms with Crippen molar-refractivity contribution in [1.29, 1.82) is 0 Å². The van der Waals surface area contributed by atoms with Crippen molar-refractivity contribution in [2.24, 2.45) is 0 Å². The van der Waals surface area contributed by atoms with Gasteiger partial charge in [-0.05, 0) is 63.2 Å². The molecular formula is C27H34F2N6O3. The highest BCUT2D eigenvalue weighted by atomic mass is 19.2. The van der Waals surface area contributed by atoms with E-state index in [1.54, 1.807) is 9.75 Å². The molecule has 38 heavy (non-hydrogen) atoms. The third kappa shape index (κ3) is 6.47. The molecule has 9 nitrogen and oxygen atoms in total. The van der Waals surface area contributed by atoms with E-state index in [-0.39, 0.29) is 0 Å². The smallest absolute Gasteiger partial charge is 0.320 e. The van der Waals surface area contributed by atoms with Crippen molar-refractivity contribution in [2.75, 3.05) is 38.6 Å². The first-order chi connectivity index (χ1) is 18.4. The molecule has 1 saturated heterocycles. The Labute approximate surface area is 221 Å². The summed E-state index contributed by atoms with van der Waals surface area (Å²) in [5, 5.41) is 15.3. The number of para-hydroxylation sites is 1. The predicted octanol–water partition coefficient (Wildman–Crippen LogP) is 4.34. The fourth-order valence-corrected chi connectivity index (χ4v) is 4.30. The number of carbonyl (C=O) groups excluding carboxylic acids is 1. The van der Waals surface area contributed by atoms with Crippen LogP contribution in [-0.2, 0) is 4.84 Å². The van der Waals surface area contributed by atoms with E-state index in [1.807, 2.05) is 51.2 Å². The van der Waals surface area contributed by atoms with Gasteiger partial charge in [0, 0.05) is 13.1 Å². The second-order valence-corrected chi connectivity index (χ2v) is 9.07. The first-order valence-corrected chi connectivity index (χ1v) is 12.8. The lowest BCUT2D eigenvalue weighted by molar-refractivity contribution is -0.144. The van der Waals surface area contributed by atoms with Crippen LogP contribution in [0.5, 0.6) is 5.88 Å². The summed E-state index contributed by atoms with van der Waals surface area (Å²) in [6, 6.07) is 12.1. The fourth-order valence-electron chi connectivity index (χ4n) is 4.30. The topological polar surface area (TPSA) is 92.7 Å². The van der Waals surface area contributed by atoms with Gasteiger partial charge in [0.15, 0.2) is 11.6 Å². The van der Waals surface area contributed by atoms with Gasteiger partial charge < -0.3 is 15.4 Å². The zero-order valence-electron chi connectivity index (χ0n) is 21.8. The first kappa shape index (κ1) is 27.5. The molecule has 204 valence electrons. The fraction of sp³-hybridized carbons (Fsp3) is 0.407. The largest absolute Gasteiger partial charge is 0.476 e. The first-order valence-electron chi connectivity index (χ1n) is 12.8. The Bertz CT molecular complexity index is 1220. The van der Waals surface area contributed by atoms with Gasteiger partial charge in [0.2, 0.25) is 5.88 Å². The summed E-state index contributed by atoms with van der Waals surface area (Å²) in [6.45, 7) is 6.10. The molecule has 4 rings (SSSR count). The van der Waals surface area contributed by atoms with E-state index in [2.05, 4.69) is 21.0 Å². The van der Waals surface area contributed by atoms with Gasteiger partial charge in [-0.1, -0.05) is 31.2 Å². The van der Waals surface area contributed by atoms with Gasteiger partial charge in [-0.2, -0.15) is 5.06 Å². The van der Waals surface area contributed by atoms with Gasteiger partial charge in [0.25, 0.3) is 0 Å². The molecule has 0 spiro atoms. The van der Waals surface area contributed by atoms with Crippen LogP contribution in [0.1, 0.15) is 37.0 Å². The van der Waals surface area contributed by atoms with Crippen molar-refractivity contribution in [2.45, 2.75) is 38.8 Å². The number of likely N-dealkylation sites (N-methyl/N-ethyl adjacent to an activating group) is 1. The van der Waals surface area contributed by atoms with Crippen molar-refractivity contribution in [3.63, 3.8) is 0 Å². The van der Waals surface area contributed by atoms with Crippen molar-refractivity contribution in [3.8, 4) is 11.6 Å². The lowest BCUT2D eigenvalue weighted by Gasteiger charge is -2.19. The van der Waals surface area contributed by atoms with Gasteiger partial charge in [-0.3, -0.25) is 10.2 Å². The molecule has 0 unspecified atom stereocenters. The summed E-state index contributed by atoms with van der Waals surface area (Å²) in [4.78, 5) is 19.1. The van der Waals surface area contributed by atoms with E-state index in [0.717, 1.165) is 37.2 Å². The molecule has 1 fully saturated rings. The molecular weight excluding hydrogens is 494 g/mol. The molecule has 0 saturated carbocycles. The highest BCUT2D eigenvalue weighted by Gasteiger charge is 2.36. The zero-order valence-corrected chi connectivity index (χ0v) is 21.8. The second kappa shape index (κ2) is 12.8. The molecule has 2 aromatic carbocycles. The lowest BCUT2D eigenvalue weighted by atomic mass is 10.0. The van der Waals surface area contributed by atoms with E-state index >= 15 is 0 Å². The minimum atomic E-state index is -0.967. The number of rotatable bonds is 11. The number of anilines is 1. The van der Waals surface area contributed by atoms with Crippen LogP contribution < -0.4 is 20.7 Å². The summed E-state index contributed by atoms with van der Waals surface area (Å²) in [5.41, 5.74) is 1.88. The molecule has 0 radical (unpaired) electrons. The quantitative estimate of drug-likeness (QED) is 0.321. The number of urea groups is 1. The molecule has 3 N–H and O–H groups in total. The van der Waals surface area contributed by atoms with E-state index in [0.29, 0.717) is 42.5 Å². The summed E-state index contributed by atoms with van der Waals surface area (Å²) in [7, 11) is 1.91. The zero-order chi connectivity index (χ0) is 27.1. The van der Waals surface area contributed by atoms with Crippen LogP contribution in [-0.4, -0.2) is 60.2 Å². The van der Waals surface area contributed by atoms with Crippen molar-refractivity contribution in [1.82, 2.24) is 25.5 Å². The number of halogens is 2. The number of nitrogens with zero attached hydrogens (tertiary/aromatic N) is 3. The second-order valence-electron chi connectivity index (χ2n) is 9.07. The van der Waals surface area contributed by atoms with Gasteiger partial charge in [-0.15, -0.1) is 5.10 Å². The molecule has 0 aliphatic carbocycles. The minimum absolute atomic E-state index is 0.380. The number of hydrogen-bond donors (Lipinski definition) is 3. The molecule has 1 aliphatic heterocycles. The van der Waals surface area contributed by atoms with Gasteiger partial charge in [0.05, 0.1) is 23.9 Å². The SMILES string of the molecule is CCN1C[C@@H](NC(=O)Nc2c(C)c(OCCCCNC)nn2-c2ccccc2)[C@H](c2ccc(F)c(F)c2)O1. The third-order valence-corrected chi connectivity index (χ3v) is 6.34. The van der Waals surface area contributed by atoms with Crippen LogP contribution in [0.2, 0.25) is 0 Å². The average molecular weight is 529 g/mol. The number of hydrogen-bond acceptors (Lipinski definition) is 6. The standard InChI is InChI=1S/C27H34F2N6O3/c1-4-34-17-23(24(38-34)19-12-13-21(28)22(29)16-19)31-27(36)32-25-18(2)26(37-15-9-8-14-30-3)33-35(25)20-10-6-5-7-11-20/h5-7,10-13,16,23-24,30H,4,8-9,14-15,17H2,1-3H3,(H2,31,32,36)/t23-,24+/m1/s1. The normalized spacial score (nSPS) is 17.5. The lowest BCUT2D eigenvalue weighted by Crippen LogP contribution is -2.42. The molecule has 1 aliphatic rings. The number of hydroxylamine groups is 2. The third-order valence-electron chi connectivity index (χ3n) is 6.34. The average Bonchev–Trinajstić information content (AvgIpc) is 3.46. The van der Waals surface area contributed by atoms with Crippen LogP contribution in [0, 0.1) is 18.6 Å². The Morgan fingerprint density at radius 2 is 1.95 bits per heavy atom. The van der Waals surface area contributed by atoms with Gasteiger partial charge in [-0.25, -0.2) is 18.3 Å². The number of aromatic nitrogens is 2. The maximum Gasteiger partial charge on any atom is 0.320 e. The Morgan fingerprint density at radius 3 is 2.66 bits per heavy atom. The van der Waals surface area contributed by atoms with Crippen LogP contribution in [0.15, 0.2) is 48.5 Å². The monoisotopic (exact) mass is 528 g/mol. The molecule has 3 aromatic rings. The van der Waals surface area contributed by atoms with Crippen LogP contribution in [0.25, 0.3) is 5.69 Å². The number of carbonyl (C=O) groups is 1. The Hall–Kier alpha value is -3.54. The number of unbranched alkanes of at least 4 members (excludes halogenated alkanes) is 1. The van der Waals surface area contributed by atoms with Crippen molar-refractivity contribution >= 4 is 11.8 Å². The van der Waals surface area contributed by atoms with Crippen molar-refractivity contribution in [3.05, 3.63) is 71.3 Å². The van der Waals surface area contributed by atoms with Crippen LogP contribution in [0.4, 0.5) is 19.4 Å².